The highest BCUT2D eigenvalue weighted by molar-refractivity contribution is 7.14. The Morgan fingerprint density at radius 3 is 2.95 bits per heavy atom. The van der Waals surface area contributed by atoms with E-state index in [1.165, 1.54) is 11.3 Å². The summed E-state index contributed by atoms with van der Waals surface area (Å²) in [6.07, 6.45) is 1.49. The van der Waals surface area contributed by atoms with E-state index in [-0.39, 0.29) is 12.6 Å². The maximum absolute atomic E-state index is 11.8. The number of fused-ring (bicyclic) bond motifs is 1. The van der Waals surface area contributed by atoms with Gasteiger partial charge in [-0.15, -0.1) is 11.3 Å². The van der Waals surface area contributed by atoms with Crippen LogP contribution in [0.2, 0.25) is 0 Å². The number of anilines is 1. The van der Waals surface area contributed by atoms with E-state index in [4.69, 9.17) is 0 Å². The molecule has 1 aromatic heterocycles. The summed E-state index contributed by atoms with van der Waals surface area (Å²) >= 11 is 1.46. The Morgan fingerprint density at radius 1 is 1.30 bits per heavy atom. The lowest BCUT2D eigenvalue weighted by Gasteiger charge is -2.24. The fraction of sp³-hybridized carbons (Fsp3) is 0.267. The highest BCUT2D eigenvalue weighted by Crippen LogP contribution is 2.36. The lowest BCUT2D eigenvalue weighted by Crippen LogP contribution is -2.41. The normalized spacial score (nSPS) is 20.4. The van der Waals surface area contributed by atoms with E-state index in [1.54, 1.807) is 0 Å². The van der Waals surface area contributed by atoms with Crippen LogP contribution in [-0.2, 0) is 12.0 Å². The van der Waals surface area contributed by atoms with Crippen LogP contribution in [0.4, 0.5) is 9.80 Å². The van der Waals surface area contributed by atoms with Crippen molar-refractivity contribution in [2.24, 2.45) is 0 Å². The molecule has 0 unspecified atom stereocenters. The molecule has 0 saturated heterocycles. The van der Waals surface area contributed by atoms with Gasteiger partial charge in [0.15, 0.2) is 0 Å². The minimum Gasteiger partial charge on any atom is -0.383 e. The van der Waals surface area contributed by atoms with Crippen molar-refractivity contribution in [1.29, 1.82) is 0 Å². The third kappa shape index (κ3) is 2.55. The summed E-state index contributed by atoms with van der Waals surface area (Å²) < 4.78 is 0. The number of nitrogens with one attached hydrogen (secondary N) is 2. The van der Waals surface area contributed by atoms with Crippen LogP contribution in [0, 0.1) is 0 Å². The molecule has 0 spiro atoms. The van der Waals surface area contributed by atoms with Gasteiger partial charge in [0.25, 0.3) is 0 Å². The van der Waals surface area contributed by atoms with Crippen LogP contribution in [0.3, 0.4) is 0 Å². The molecule has 2 amide bonds. The van der Waals surface area contributed by atoms with Crippen LogP contribution >= 0.6 is 11.3 Å². The second-order valence-electron chi connectivity index (χ2n) is 4.97. The first-order valence-corrected chi connectivity index (χ1v) is 7.44. The molecule has 1 aromatic carbocycles. The largest absolute Gasteiger partial charge is 0.383 e. The van der Waals surface area contributed by atoms with Gasteiger partial charge in [-0.05, 0) is 41.5 Å². The Kier molecular flexibility index (Phi) is 3.46. The van der Waals surface area contributed by atoms with Gasteiger partial charge in [0.2, 0.25) is 0 Å². The molecular formula is C15H16N2O2S. The zero-order valence-corrected chi connectivity index (χ0v) is 11.7. The van der Waals surface area contributed by atoms with E-state index in [2.05, 4.69) is 10.6 Å². The molecule has 3 rings (SSSR count). The second-order valence-corrected chi connectivity index (χ2v) is 5.92. The van der Waals surface area contributed by atoms with Crippen molar-refractivity contribution in [3.63, 3.8) is 0 Å². The van der Waals surface area contributed by atoms with E-state index in [1.807, 2.05) is 41.8 Å². The van der Waals surface area contributed by atoms with Gasteiger partial charge in [-0.25, -0.2) is 4.79 Å². The van der Waals surface area contributed by atoms with Gasteiger partial charge in [0.1, 0.15) is 5.60 Å². The maximum atomic E-state index is 11.8. The number of hydrogen-bond acceptors (Lipinski definition) is 3. The number of urea groups is 1. The monoisotopic (exact) mass is 288 g/mol. The topological polar surface area (TPSA) is 61.4 Å². The third-order valence-corrected chi connectivity index (χ3v) is 4.41. The lowest BCUT2D eigenvalue weighted by atomic mass is 9.96. The number of benzene rings is 1. The summed E-state index contributed by atoms with van der Waals surface area (Å²) in [5, 5.41) is 18.9. The predicted octanol–water partition coefficient (Wildman–Crippen LogP) is 2.70. The van der Waals surface area contributed by atoms with Crippen LogP contribution in [0.25, 0.3) is 0 Å². The first kappa shape index (κ1) is 13.1. The molecule has 1 heterocycles. The van der Waals surface area contributed by atoms with Crippen molar-refractivity contribution in [3.8, 4) is 0 Å². The molecule has 0 aliphatic heterocycles. The zero-order valence-electron chi connectivity index (χ0n) is 10.9. The van der Waals surface area contributed by atoms with Crippen molar-refractivity contribution in [2.75, 3.05) is 11.9 Å². The minimum atomic E-state index is -0.955. The number of aryl methyl sites for hydroxylation is 1. The Bertz CT molecular complexity index is 612. The summed E-state index contributed by atoms with van der Waals surface area (Å²) in [4.78, 5) is 11.8. The minimum absolute atomic E-state index is 0.223. The molecule has 3 N–H and O–H groups in total. The summed E-state index contributed by atoms with van der Waals surface area (Å²) in [7, 11) is 0. The van der Waals surface area contributed by atoms with E-state index >= 15 is 0 Å². The number of aliphatic hydroxyl groups is 1. The first-order valence-electron chi connectivity index (χ1n) is 6.56. The van der Waals surface area contributed by atoms with Gasteiger partial charge < -0.3 is 10.4 Å². The second kappa shape index (κ2) is 5.26. The third-order valence-electron chi connectivity index (χ3n) is 3.63. The average Bonchev–Trinajstić information content (AvgIpc) is 3.07. The van der Waals surface area contributed by atoms with Crippen molar-refractivity contribution in [1.82, 2.24) is 5.32 Å². The number of amides is 2. The molecule has 1 atom stereocenters. The van der Waals surface area contributed by atoms with Gasteiger partial charge >= 0.3 is 6.03 Å². The smallest absolute Gasteiger partial charge is 0.319 e. The van der Waals surface area contributed by atoms with Gasteiger partial charge in [-0.3, -0.25) is 5.32 Å². The SMILES string of the molecule is O=C(NC[C@]1(O)CCc2ccccc21)Nc1cccs1. The summed E-state index contributed by atoms with van der Waals surface area (Å²) in [5.41, 5.74) is 1.13. The molecule has 1 aliphatic rings. The average molecular weight is 288 g/mol. The molecule has 1 aliphatic carbocycles. The van der Waals surface area contributed by atoms with E-state index in [0.29, 0.717) is 6.42 Å². The van der Waals surface area contributed by atoms with Gasteiger partial charge in [0.05, 0.1) is 11.5 Å². The van der Waals surface area contributed by atoms with E-state index in [9.17, 15) is 9.90 Å². The fourth-order valence-electron chi connectivity index (χ4n) is 2.58. The van der Waals surface area contributed by atoms with Gasteiger partial charge in [0, 0.05) is 0 Å². The molecule has 0 saturated carbocycles. The van der Waals surface area contributed by atoms with Crippen molar-refractivity contribution >= 4 is 22.4 Å². The fourth-order valence-corrected chi connectivity index (χ4v) is 3.20. The van der Waals surface area contributed by atoms with Gasteiger partial charge in [-0.1, -0.05) is 24.3 Å². The number of thiophene rings is 1. The Balaban J connectivity index is 1.62. The Hall–Kier alpha value is -1.85. The predicted molar refractivity (Wildman–Crippen MR) is 80.0 cm³/mol. The molecule has 4 nitrogen and oxygen atoms in total. The van der Waals surface area contributed by atoms with Crippen LogP contribution in [-0.4, -0.2) is 17.7 Å². The van der Waals surface area contributed by atoms with Crippen molar-refractivity contribution < 1.29 is 9.90 Å². The Morgan fingerprint density at radius 2 is 2.15 bits per heavy atom. The number of hydrogen-bond donors (Lipinski definition) is 3. The Labute approximate surface area is 121 Å². The van der Waals surface area contributed by atoms with Crippen LogP contribution in [0.15, 0.2) is 41.8 Å². The molecule has 104 valence electrons. The first-order chi connectivity index (χ1) is 9.67. The molecule has 0 fully saturated rings. The number of rotatable bonds is 3. The van der Waals surface area contributed by atoms with E-state index in [0.717, 1.165) is 22.5 Å². The van der Waals surface area contributed by atoms with Crippen LogP contribution in [0.5, 0.6) is 0 Å². The molecule has 0 radical (unpaired) electrons. The molecule has 5 heteroatoms. The quantitative estimate of drug-likeness (QED) is 0.813. The highest BCUT2D eigenvalue weighted by atomic mass is 32.1. The highest BCUT2D eigenvalue weighted by Gasteiger charge is 2.36. The van der Waals surface area contributed by atoms with E-state index < -0.39 is 5.60 Å². The zero-order chi connectivity index (χ0) is 14.0. The van der Waals surface area contributed by atoms with Crippen molar-refractivity contribution in [3.05, 3.63) is 52.9 Å². The standard InChI is InChI=1S/C15H16N2O2S/c18-14(17-13-6-3-9-20-13)16-10-15(19)8-7-11-4-1-2-5-12(11)15/h1-6,9,19H,7-8,10H2,(H2,16,17,18)/t15-/m1/s1. The molecule has 20 heavy (non-hydrogen) atoms. The van der Waals surface area contributed by atoms with Crippen molar-refractivity contribution in [2.45, 2.75) is 18.4 Å². The lowest BCUT2D eigenvalue weighted by molar-refractivity contribution is 0.0417. The summed E-state index contributed by atoms with van der Waals surface area (Å²) in [6.45, 7) is 0.223. The van der Waals surface area contributed by atoms with Crippen LogP contribution in [0.1, 0.15) is 17.5 Å². The molecular weight excluding hydrogens is 272 g/mol. The molecule has 2 aromatic rings. The van der Waals surface area contributed by atoms with Gasteiger partial charge in [-0.2, -0.15) is 0 Å². The maximum Gasteiger partial charge on any atom is 0.319 e. The van der Waals surface area contributed by atoms with Crippen LogP contribution < -0.4 is 10.6 Å². The molecule has 0 bridgehead atoms. The summed E-state index contributed by atoms with van der Waals surface area (Å²) in [6, 6.07) is 11.3. The summed E-state index contributed by atoms with van der Waals surface area (Å²) in [5.74, 6) is 0. The number of carbonyl (C=O) groups is 1. The number of carbonyl (C=O) groups excluding carboxylic acids is 1.